The third-order valence-corrected chi connectivity index (χ3v) is 10.3. The first kappa shape index (κ1) is 27.7. The van der Waals surface area contributed by atoms with E-state index in [4.69, 9.17) is 4.42 Å². The zero-order chi connectivity index (χ0) is 32.4. The van der Waals surface area contributed by atoms with E-state index in [9.17, 15) is 0 Å². The lowest BCUT2D eigenvalue weighted by Crippen LogP contribution is -2.30. The van der Waals surface area contributed by atoms with E-state index in [-0.39, 0.29) is 0 Å². The first-order valence-electron chi connectivity index (χ1n) is 16.9. The SMILES string of the molecule is c1ccc(N(c2cc3c(cc2C2(c4ccccc4)c4ccccc4-c4ccccc42)oc2ccccc23)c2cccc3ccccc23)cc1. The summed E-state index contributed by atoms with van der Waals surface area (Å²) in [6.07, 6.45) is 0. The highest BCUT2D eigenvalue weighted by Gasteiger charge is 2.48. The van der Waals surface area contributed by atoms with Gasteiger partial charge in [0, 0.05) is 21.8 Å². The van der Waals surface area contributed by atoms with Crippen LogP contribution < -0.4 is 4.90 Å². The Hall–Kier alpha value is -6.38. The Labute approximate surface area is 285 Å². The molecule has 0 saturated heterocycles. The second-order valence-electron chi connectivity index (χ2n) is 12.8. The van der Waals surface area contributed by atoms with Crippen LogP contribution in [-0.2, 0) is 5.41 Å². The Morgan fingerprint density at radius 2 is 0.980 bits per heavy atom. The summed E-state index contributed by atoms with van der Waals surface area (Å²) >= 11 is 0. The Morgan fingerprint density at radius 3 is 1.73 bits per heavy atom. The summed E-state index contributed by atoms with van der Waals surface area (Å²) in [6.45, 7) is 0. The highest BCUT2D eigenvalue weighted by Crippen LogP contribution is 2.59. The summed E-state index contributed by atoms with van der Waals surface area (Å²) in [4.78, 5) is 2.47. The molecule has 10 rings (SSSR count). The van der Waals surface area contributed by atoms with Gasteiger partial charge in [-0.15, -0.1) is 0 Å². The minimum atomic E-state index is -0.630. The van der Waals surface area contributed by atoms with Gasteiger partial charge in [0.1, 0.15) is 11.2 Å². The minimum Gasteiger partial charge on any atom is -0.456 e. The molecule has 8 aromatic carbocycles. The van der Waals surface area contributed by atoms with E-state index in [0.717, 1.165) is 39.0 Å². The fourth-order valence-corrected chi connectivity index (χ4v) is 8.31. The zero-order valence-corrected chi connectivity index (χ0v) is 26.8. The average molecular weight is 626 g/mol. The maximum absolute atomic E-state index is 6.71. The Balaban J connectivity index is 1.42. The van der Waals surface area contributed by atoms with Gasteiger partial charge < -0.3 is 9.32 Å². The van der Waals surface area contributed by atoms with Gasteiger partial charge >= 0.3 is 0 Å². The lowest BCUT2D eigenvalue weighted by Gasteiger charge is -2.38. The molecule has 0 aliphatic heterocycles. The van der Waals surface area contributed by atoms with Crippen molar-refractivity contribution < 1.29 is 4.42 Å². The van der Waals surface area contributed by atoms with Crippen LogP contribution >= 0.6 is 0 Å². The summed E-state index contributed by atoms with van der Waals surface area (Å²) in [6, 6.07) is 68.1. The number of fused-ring (bicyclic) bond motifs is 7. The molecule has 2 heteroatoms. The van der Waals surface area contributed by atoms with E-state index in [2.05, 4.69) is 187 Å². The first-order chi connectivity index (χ1) is 24.3. The highest BCUT2D eigenvalue weighted by atomic mass is 16.3. The summed E-state index contributed by atoms with van der Waals surface area (Å²) < 4.78 is 6.71. The van der Waals surface area contributed by atoms with Crippen molar-refractivity contribution in [2.75, 3.05) is 4.90 Å². The second-order valence-corrected chi connectivity index (χ2v) is 12.8. The number of rotatable bonds is 5. The molecule has 49 heavy (non-hydrogen) atoms. The lowest BCUT2D eigenvalue weighted by molar-refractivity contribution is 0.665. The van der Waals surface area contributed by atoms with Crippen molar-refractivity contribution >= 4 is 49.8 Å². The van der Waals surface area contributed by atoms with Gasteiger partial charge in [-0.1, -0.05) is 152 Å². The molecule has 2 nitrogen and oxygen atoms in total. The van der Waals surface area contributed by atoms with Gasteiger partial charge in [-0.2, -0.15) is 0 Å². The summed E-state index contributed by atoms with van der Waals surface area (Å²) in [5, 5.41) is 4.60. The molecule has 0 atom stereocenters. The van der Waals surface area contributed by atoms with Crippen LogP contribution in [0.1, 0.15) is 22.3 Å². The molecule has 1 aliphatic carbocycles. The van der Waals surface area contributed by atoms with Crippen LogP contribution in [0.3, 0.4) is 0 Å². The Bertz CT molecular complexity index is 2620. The summed E-state index contributed by atoms with van der Waals surface area (Å²) in [5.74, 6) is 0. The lowest BCUT2D eigenvalue weighted by atomic mass is 9.67. The van der Waals surface area contributed by atoms with E-state index >= 15 is 0 Å². The molecule has 1 heterocycles. The molecule has 0 unspecified atom stereocenters. The highest BCUT2D eigenvalue weighted by molar-refractivity contribution is 6.09. The molecule has 0 bridgehead atoms. The van der Waals surface area contributed by atoms with Gasteiger partial charge in [0.2, 0.25) is 0 Å². The van der Waals surface area contributed by atoms with Crippen molar-refractivity contribution in [2.24, 2.45) is 0 Å². The van der Waals surface area contributed by atoms with Crippen molar-refractivity contribution in [3.05, 3.63) is 210 Å². The minimum absolute atomic E-state index is 0.630. The van der Waals surface area contributed by atoms with Gasteiger partial charge in [0.05, 0.1) is 16.8 Å². The Kier molecular flexibility index (Phi) is 6.13. The predicted octanol–water partition coefficient (Wildman–Crippen LogP) is 12.6. The normalized spacial score (nSPS) is 13.1. The number of benzene rings is 8. The third kappa shape index (κ3) is 4.01. The van der Waals surface area contributed by atoms with Crippen LogP contribution in [0.15, 0.2) is 192 Å². The van der Waals surface area contributed by atoms with Crippen LogP contribution in [0.5, 0.6) is 0 Å². The van der Waals surface area contributed by atoms with Gasteiger partial charge in [-0.3, -0.25) is 0 Å². The monoisotopic (exact) mass is 625 g/mol. The molecule has 9 aromatic rings. The van der Waals surface area contributed by atoms with Crippen molar-refractivity contribution in [1.29, 1.82) is 0 Å². The molecule has 230 valence electrons. The van der Waals surface area contributed by atoms with E-state index in [1.165, 1.54) is 44.2 Å². The van der Waals surface area contributed by atoms with Crippen LogP contribution in [0, 0.1) is 0 Å². The average Bonchev–Trinajstić information content (AvgIpc) is 3.69. The number of furan rings is 1. The second kappa shape index (κ2) is 10.8. The van der Waals surface area contributed by atoms with Crippen LogP contribution in [0.2, 0.25) is 0 Å². The molecule has 0 saturated carbocycles. The first-order valence-corrected chi connectivity index (χ1v) is 16.9. The summed E-state index contributed by atoms with van der Waals surface area (Å²) in [5.41, 5.74) is 11.9. The maximum Gasteiger partial charge on any atom is 0.135 e. The van der Waals surface area contributed by atoms with E-state index < -0.39 is 5.41 Å². The van der Waals surface area contributed by atoms with Gasteiger partial charge in [-0.05, 0) is 75.2 Å². The van der Waals surface area contributed by atoms with Crippen LogP contribution in [0.4, 0.5) is 17.1 Å². The molecule has 1 aliphatic rings. The number of hydrogen-bond acceptors (Lipinski definition) is 2. The molecular formula is C47H31NO. The van der Waals surface area contributed by atoms with Crippen molar-refractivity contribution in [1.82, 2.24) is 0 Å². The van der Waals surface area contributed by atoms with Gasteiger partial charge in [-0.25, -0.2) is 0 Å². The number of para-hydroxylation sites is 2. The summed E-state index contributed by atoms with van der Waals surface area (Å²) in [7, 11) is 0. The maximum atomic E-state index is 6.71. The van der Waals surface area contributed by atoms with E-state index in [0.29, 0.717) is 0 Å². The fraction of sp³-hybridized carbons (Fsp3) is 0.0213. The van der Waals surface area contributed by atoms with Crippen LogP contribution in [-0.4, -0.2) is 0 Å². The van der Waals surface area contributed by atoms with E-state index in [1.807, 2.05) is 6.07 Å². The molecule has 0 amide bonds. The number of nitrogens with zero attached hydrogens (tertiary/aromatic N) is 1. The van der Waals surface area contributed by atoms with Gasteiger partial charge in [0.25, 0.3) is 0 Å². The smallest absolute Gasteiger partial charge is 0.135 e. The largest absolute Gasteiger partial charge is 0.456 e. The van der Waals surface area contributed by atoms with Crippen molar-refractivity contribution in [3.63, 3.8) is 0 Å². The molecule has 0 spiro atoms. The number of anilines is 3. The third-order valence-electron chi connectivity index (χ3n) is 10.3. The van der Waals surface area contributed by atoms with Crippen LogP contribution in [0.25, 0.3) is 43.8 Å². The molecule has 0 radical (unpaired) electrons. The topological polar surface area (TPSA) is 16.4 Å². The standard InChI is InChI=1S/C47H31NO/c1-3-18-33(19-4-1)47(40-26-12-9-23-36(40)37-24-10-13-27-41(37)47)42-31-46-39(38-25-11-14-29-45(38)49-46)30-44(42)48(34-20-5-2-6-21-34)43-28-15-17-32-16-7-8-22-35(32)43/h1-31H. The fourth-order valence-electron chi connectivity index (χ4n) is 8.31. The quantitative estimate of drug-likeness (QED) is 0.189. The zero-order valence-electron chi connectivity index (χ0n) is 26.8. The molecule has 0 fully saturated rings. The van der Waals surface area contributed by atoms with Crippen molar-refractivity contribution in [2.45, 2.75) is 5.41 Å². The van der Waals surface area contributed by atoms with Gasteiger partial charge in [0.15, 0.2) is 0 Å². The predicted molar refractivity (Wildman–Crippen MR) is 203 cm³/mol. The van der Waals surface area contributed by atoms with Crippen molar-refractivity contribution in [3.8, 4) is 11.1 Å². The Morgan fingerprint density at radius 1 is 0.388 bits per heavy atom. The molecule has 0 N–H and O–H groups in total. The molecular weight excluding hydrogens is 595 g/mol. The van der Waals surface area contributed by atoms with E-state index in [1.54, 1.807) is 0 Å². The number of hydrogen-bond donors (Lipinski definition) is 0. The molecule has 1 aromatic heterocycles.